The first-order valence-electron chi connectivity index (χ1n) is 5.74. The fourth-order valence-electron chi connectivity index (χ4n) is 1.62. The van der Waals surface area contributed by atoms with Crippen molar-refractivity contribution in [1.82, 2.24) is 0 Å². The van der Waals surface area contributed by atoms with E-state index in [1.807, 2.05) is 19.1 Å². The summed E-state index contributed by atoms with van der Waals surface area (Å²) in [6.45, 7) is 1.94. The van der Waals surface area contributed by atoms with Gasteiger partial charge in [0.1, 0.15) is 0 Å². The fourth-order valence-corrected chi connectivity index (χ4v) is 2.96. The molecule has 0 aliphatic heterocycles. The van der Waals surface area contributed by atoms with Crippen molar-refractivity contribution in [2.24, 2.45) is 0 Å². The van der Waals surface area contributed by atoms with E-state index >= 15 is 0 Å². The standard InChI is InChI=1S/C15H10Br2O3/c1-9-2-4-10(5-3-9)15(19)20-14-11(8-18)6-12(16)7-13(14)17/h2-8H,1H3. The van der Waals surface area contributed by atoms with Gasteiger partial charge in [0.15, 0.2) is 12.0 Å². The molecule has 0 bridgehead atoms. The van der Waals surface area contributed by atoms with E-state index in [2.05, 4.69) is 31.9 Å². The third-order valence-electron chi connectivity index (χ3n) is 2.65. The Hall–Kier alpha value is -1.46. The van der Waals surface area contributed by atoms with Crippen molar-refractivity contribution in [2.75, 3.05) is 0 Å². The maximum atomic E-state index is 12.1. The quantitative estimate of drug-likeness (QED) is 0.433. The van der Waals surface area contributed by atoms with Gasteiger partial charge in [-0.05, 0) is 47.1 Å². The minimum Gasteiger partial charge on any atom is -0.421 e. The Labute approximate surface area is 133 Å². The molecular formula is C15H10Br2O3. The molecule has 2 aromatic carbocycles. The molecule has 5 heteroatoms. The zero-order chi connectivity index (χ0) is 14.7. The van der Waals surface area contributed by atoms with Gasteiger partial charge in [0, 0.05) is 4.47 Å². The van der Waals surface area contributed by atoms with Crippen LogP contribution in [0.15, 0.2) is 45.3 Å². The lowest BCUT2D eigenvalue weighted by molar-refractivity contribution is 0.0732. The molecule has 0 radical (unpaired) electrons. The molecule has 0 saturated heterocycles. The molecule has 0 amide bonds. The highest BCUT2D eigenvalue weighted by Gasteiger charge is 2.15. The second-order valence-electron chi connectivity index (χ2n) is 4.18. The number of aryl methyl sites for hydroxylation is 1. The maximum Gasteiger partial charge on any atom is 0.343 e. The molecule has 0 atom stereocenters. The zero-order valence-corrected chi connectivity index (χ0v) is 13.7. The lowest BCUT2D eigenvalue weighted by Gasteiger charge is -2.09. The summed E-state index contributed by atoms with van der Waals surface area (Å²) in [6.07, 6.45) is 0.646. The highest BCUT2D eigenvalue weighted by molar-refractivity contribution is 9.11. The molecule has 0 fully saturated rings. The van der Waals surface area contributed by atoms with Crippen LogP contribution >= 0.6 is 31.9 Å². The predicted molar refractivity (Wildman–Crippen MR) is 83.4 cm³/mol. The van der Waals surface area contributed by atoms with Crippen LogP contribution in [0.1, 0.15) is 26.3 Å². The van der Waals surface area contributed by atoms with E-state index in [0.29, 0.717) is 21.9 Å². The van der Waals surface area contributed by atoms with E-state index in [-0.39, 0.29) is 5.75 Å². The highest BCUT2D eigenvalue weighted by atomic mass is 79.9. The zero-order valence-electron chi connectivity index (χ0n) is 10.5. The number of esters is 1. The van der Waals surface area contributed by atoms with Crippen molar-refractivity contribution in [3.05, 3.63) is 62.0 Å². The van der Waals surface area contributed by atoms with Gasteiger partial charge >= 0.3 is 5.97 Å². The number of rotatable bonds is 3. The average molecular weight is 398 g/mol. The molecule has 2 aromatic rings. The van der Waals surface area contributed by atoms with Gasteiger partial charge in [-0.15, -0.1) is 0 Å². The van der Waals surface area contributed by atoms with Crippen LogP contribution in [0.2, 0.25) is 0 Å². The molecule has 102 valence electrons. The van der Waals surface area contributed by atoms with Gasteiger partial charge in [0.25, 0.3) is 0 Å². The second-order valence-corrected chi connectivity index (χ2v) is 5.95. The van der Waals surface area contributed by atoms with Gasteiger partial charge in [-0.25, -0.2) is 4.79 Å². The molecular weight excluding hydrogens is 388 g/mol. The summed E-state index contributed by atoms with van der Waals surface area (Å²) in [5.74, 6) is -0.287. The monoisotopic (exact) mass is 396 g/mol. The van der Waals surface area contributed by atoms with E-state index < -0.39 is 5.97 Å². The second kappa shape index (κ2) is 6.33. The Morgan fingerprint density at radius 1 is 1.15 bits per heavy atom. The Morgan fingerprint density at radius 2 is 1.80 bits per heavy atom. The van der Waals surface area contributed by atoms with Gasteiger partial charge in [-0.3, -0.25) is 4.79 Å². The van der Waals surface area contributed by atoms with Crippen LogP contribution in [0.5, 0.6) is 5.75 Å². The first kappa shape index (κ1) is 14.9. The molecule has 0 spiro atoms. The average Bonchev–Trinajstić information content (AvgIpc) is 2.42. The fraction of sp³-hybridized carbons (Fsp3) is 0.0667. The summed E-state index contributed by atoms with van der Waals surface area (Å²) in [6, 6.07) is 10.3. The van der Waals surface area contributed by atoms with Crippen molar-refractivity contribution in [2.45, 2.75) is 6.92 Å². The van der Waals surface area contributed by atoms with E-state index in [0.717, 1.165) is 10.0 Å². The normalized spacial score (nSPS) is 10.2. The van der Waals surface area contributed by atoms with Crippen molar-refractivity contribution in [3.63, 3.8) is 0 Å². The van der Waals surface area contributed by atoms with E-state index in [9.17, 15) is 9.59 Å². The van der Waals surface area contributed by atoms with Crippen LogP contribution in [0, 0.1) is 6.92 Å². The first-order valence-corrected chi connectivity index (χ1v) is 7.33. The van der Waals surface area contributed by atoms with E-state index in [4.69, 9.17) is 4.74 Å². The highest BCUT2D eigenvalue weighted by Crippen LogP contribution is 2.32. The summed E-state index contributed by atoms with van der Waals surface area (Å²) >= 11 is 6.56. The van der Waals surface area contributed by atoms with Crippen LogP contribution in [0.25, 0.3) is 0 Å². The number of aldehydes is 1. The number of hydrogen-bond donors (Lipinski definition) is 0. The number of carbonyl (C=O) groups is 2. The van der Waals surface area contributed by atoms with Crippen LogP contribution in [-0.4, -0.2) is 12.3 Å². The third-order valence-corrected chi connectivity index (χ3v) is 3.69. The molecule has 20 heavy (non-hydrogen) atoms. The van der Waals surface area contributed by atoms with Gasteiger partial charge in [0.2, 0.25) is 0 Å². The molecule has 0 heterocycles. The SMILES string of the molecule is Cc1ccc(C(=O)Oc2c(Br)cc(Br)cc2C=O)cc1. The van der Waals surface area contributed by atoms with Crippen molar-refractivity contribution >= 4 is 44.1 Å². The molecule has 0 N–H and O–H groups in total. The lowest BCUT2D eigenvalue weighted by Crippen LogP contribution is -2.10. The summed E-state index contributed by atoms with van der Waals surface area (Å²) in [7, 11) is 0. The molecule has 0 aliphatic carbocycles. The number of ether oxygens (including phenoxy) is 1. The van der Waals surface area contributed by atoms with E-state index in [1.165, 1.54) is 0 Å². The Morgan fingerprint density at radius 3 is 2.40 bits per heavy atom. The molecule has 0 aromatic heterocycles. The summed E-state index contributed by atoms with van der Waals surface area (Å²) < 4.78 is 6.57. The predicted octanol–water partition coefficient (Wildman–Crippen LogP) is 4.55. The summed E-state index contributed by atoms with van der Waals surface area (Å²) in [5.41, 5.74) is 1.79. The van der Waals surface area contributed by atoms with Crippen LogP contribution in [0.4, 0.5) is 0 Å². The molecule has 0 unspecified atom stereocenters. The minimum atomic E-state index is -0.504. The number of benzene rings is 2. The Bertz CT molecular complexity index is 664. The van der Waals surface area contributed by atoms with Crippen molar-refractivity contribution in [3.8, 4) is 5.75 Å². The third kappa shape index (κ3) is 3.35. The van der Waals surface area contributed by atoms with Gasteiger partial charge in [-0.1, -0.05) is 33.6 Å². The largest absolute Gasteiger partial charge is 0.421 e. The minimum absolute atomic E-state index is 0.216. The van der Waals surface area contributed by atoms with Crippen LogP contribution in [0.3, 0.4) is 0 Å². The molecule has 0 aliphatic rings. The van der Waals surface area contributed by atoms with Gasteiger partial charge in [0.05, 0.1) is 15.6 Å². The number of hydrogen-bond acceptors (Lipinski definition) is 3. The Balaban J connectivity index is 2.32. The van der Waals surface area contributed by atoms with Gasteiger partial charge in [-0.2, -0.15) is 0 Å². The molecule has 0 saturated carbocycles. The maximum absolute atomic E-state index is 12.1. The van der Waals surface area contributed by atoms with Crippen LogP contribution in [-0.2, 0) is 0 Å². The number of halogens is 2. The van der Waals surface area contributed by atoms with Crippen molar-refractivity contribution in [1.29, 1.82) is 0 Å². The Kier molecular flexibility index (Phi) is 4.73. The summed E-state index contributed by atoms with van der Waals surface area (Å²) in [5, 5.41) is 0. The topological polar surface area (TPSA) is 43.4 Å². The smallest absolute Gasteiger partial charge is 0.343 e. The van der Waals surface area contributed by atoms with Crippen molar-refractivity contribution < 1.29 is 14.3 Å². The number of carbonyl (C=O) groups excluding carboxylic acids is 2. The molecule has 2 rings (SSSR count). The molecule has 3 nitrogen and oxygen atoms in total. The summed E-state index contributed by atoms with van der Waals surface area (Å²) in [4.78, 5) is 23.1. The van der Waals surface area contributed by atoms with E-state index in [1.54, 1.807) is 24.3 Å². The van der Waals surface area contributed by atoms with Gasteiger partial charge < -0.3 is 4.74 Å². The first-order chi connectivity index (χ1) is 9.51. The van der Waals surface area contributed by atoms with Crippen LogP contribution < -0.4 is 4.74 Å². The lowest BCUT2D eigenvalue weighted by atomic mass is 10.1.